The lowest BCUT2D eigenvalue weighted by atomic mass is 9.88. The minimum Gasteiger partial charge on any atom is -0.492 e. The van der Waals surface area contributed by atoms with Crippen LogP contribution < -0.4 is 10.1 Å². The van der Waals surface area contributed by atoms with Gasteiger partial charge in [-0.1, -0.05) is 61.5 Å². The fraction of sp³-hybridized carbons (Fsp3) is 0.250. The molecule has 0 saturated heterocycles. The molecule has 1 heterocycles. The number of H-pyrrole nitrogens is 1. The summed E-state index contributed by atoms with van der Waals surface area (Å²) in [6.07, 6.45) is 6.04. The first-order chi connectivity index (χ1) is 19.1. The topological polar surface area (TPSA) is 90.5 Å². The Kier molecular flexibility index (Phi) is 10.1. The maximum absolute atomic E-state index is 11.8. The molecule has 3 aromatic carbocycles. The molecule has 7 heteroatoms. The quantitative estimate of drug-likeness (QED) is 0.131. The number of allylic oxidation sites excluding steroid dienone is 1. The van der Waals surface area contributed by atoms with Crippen molar-refractivity contribution in [3.63, 3.8) is 0 Å². The molecule has 0 radical (unpaired) electrons. The standard InChI is InChI=1S/C32H36N4O3/c1-3-29(24-8-5-4-6-9-24)32(26-13-16-30-27(22-26)23-34-35-30)25-11-14-28(15-12-25)39-21-18-33-17-7-10-31(38)36(2)19-20-37/h4-16,22-23,33,37H,3,17-21H2,1-2H3,(H,34,35)/b10-7+,32-29+. The molecular formula is C32H36N4O3. The zero-order chi connectivity index (χ0) is 27.5. The predicted octanol–water partition coefficient (Wildman–Crippen LogP) is 4.91. The second kappa shape index (κ2) is 14.1. The number of aliphatic hydroxyl groups is 1. The third-order valence-electron chi connectivity index (χ3n) is 6.53. The number of hydrogen-bond acceptors (Lipinski definition) is 5. The van der Waals surface area contributed by atoms with Crippen LogP contribution in [-0.2, 0) is 4.79 Å². The normalized spacial score (nSPS) is 12.1. The highest BCUT2D eigenvalue weighted by Gasteiger charge is 2.14. The number of aromatic amines is 1. The van der Waals surface area contributed by atoms with E-state index in [9.17, 15) is 4.79 Å². The molecule has 3 N–H and O–H groups in total. The fourth-order valence-corrected chi connectivity index (χ4v) is 4.47. The number of aliphatic hydroxyl groups excluding tert-OH is 1. The van der Waals surface area contributed by atoms with Gasteiger partial charge in [0.1, 0.15) is 12.4 Å². The van der Waals surface area contributed by atoms with Gasteiger partial charge >= 0.3 is 0 Å². The number of likely N-dealkylation sites (N-methyl/N-ethyl adjacent to an activating group) is 1. The van der Waals surface area contributed by atoms with Gasteiger partial charge in [0.15, 0.2) is 0 Å². The van der Waals surface area contributed by atoms with E-state index in [2.05, 4.69) is 77.0 Å². The number of hydrogen-bond donors (Lipinski definition) is 3. The van der Waals surface area contributed by atoms with Crippen molar-refractivity contribution >= 4 is 28.0 Å². The lowest BCUT2D eigenvalue weighted by Crippen LogP contribution is -2.28. The zero-order valence-electron chi connectivity index (χ0n) is 22.6. The van der Waals surface area contributed by atoms with Crippen molar-refractivity contribution < 1.29 is 14.6 Å². The van der Waals surface area contributed by atoms with Crippen LogP contribution >= 0.6 is 0 Å². The Morgan fingerprint density at radius 2 is 1.82 bits per heavy atom. The third kappa shape index (κ3) is 7.44. The number of fused-ring (bicyclic) bond motifs is 1. The Bertz CT molecular complexity index is 1410. The predicted molar refractivity (Wildman–Crippen MR) is 157 cm³/mol. The van der Waals surface area contributed by atoms with E-state index in [4.69, 9.17) is 9.84 Å². The molecule has 202 valence electrons. The lowest BCUT2D eigenvalue weighted by molar-refractivity contribution is -0.125. The van der Waals surface area contributed by atoms with E-state index in [-0.39, 0.29) is 12.5 Å². The summed E-state index contributed by atoms with van der Waals surface area (Å²) in [7, 11) is 1.66. The summed E-state index contributed by atoms with van der Waals surface area (Å²) >= 11 is 0. The van der Waals surface area contributed by atoms with Gasteiger partial charge in [-0.2, -0.15) is 5.10 Å². The lowest BCUT2D eigenvalue weighted by Gasteiger charge is -2.17. The van der Waals surface area contributed by atoms with E-state index >= 15 is 0 Å². The van der Waals surface area contributed by atoms with Gasteiger partial charge in [0, 0.05) is 38.1 Å². The van der Waals surface area contributed by atoms with Crippen LogP contribution in [0.15, 0.2) is 91.1 Å². The van der Waals surface area contributed by atoms with Crippen LogP contribution in [0.5, 0.6) is 5.75 Å². The number of ether oxygens (including phenoxy) is 1. The maximum atomic E-state index is 11.8. The Morgan fingerprint density at radius 1 is 1.05 bits per heavy atom. The van der Waals surface area contributed by atoms with E-state index < -0.39 is 0 Å². The third-order valence-corrected chi connectivity index (χ3v) is 6.53. The molecule has 0 aliphatic rings. The Hall–Kier alpha value is -4.20. The SMILES string of the molecule is CC/C(=C(/c1ccc(OCCNC/C=C/C(=O)N(C)CCO)cc1)c1ccc2[nH]ncc2c1)c1ccccc1. The van der Waals surface area contributed by atoms with Gasteiger partial charge in [-0.25, -0.2) is 0 Å². The summed E-state index contributed by atoms with van der Waals surface area (Å²) in [4.78, 5) is 13.3. The summed E-state index contributed by atoms with van der Waals surface area (Å²) < 4.78 is 5.94. The largest absolute Gasteiger partial charge is 0.492 e. The molecule has 39 heavy (non-hydrogen) atoms. The summed E-state index contributed by atoms with van der Waals surface area (Å²) in [6, 6.07) is 25.2. The second-order valence-corrected chi connectivity index (χ2v) is 9.21. The van der Waals surface area contributed by atoms with Crippen molar-refractivity contribution in [3.8, 4) is 5.75 Å². The number of benzene rings is 3. The number of aromatic nitrogens is 2. The van der Waals surface area contributed by atoms with Crippen molar-refractivity contribution in [1.29, 1.82) is 0 Å². The molecule has 7 nitrogen and oxygen atoms in total. The number of amides is 1. The molecule has 0 fully saturated rings. The maximum Gasteiger partial charge on any atom is 0.246 e. The first-order valence-corrected chi connectivity index (χ1v) is 13.3. The van der Waals surface area contributed by atoms with Gasteiger partial charge in [0.25, 0.3) is 0 Å². The highest BCUT2D eigenvalue weighted by molar-refractivity contribution is 6.00. The van der Waals surface area contributed by atoms with Crippen molar-refractivity contribution in [2.75, 3.05) is 39.9 Å². The van der Waals surface area contributed by atoms with Crippen LogP contribution in [0.2, 0.25) is 0 Å². The number of nitrogens with one attached hydrogen (secondary N) is 2. The molecule has 0 atom stereocenters. The molecule has 4 aromatic rings. The molecule has 0 aliphatic heterocycles. The van der Waals surface area contributed by atoms with Crippen LogP contribution in [-0.4, -0.2) is 66.0 Å². The molecule has 0 aliphatic carbocycles. The van der Waals surface area contributed by atoms with E-state index in [1.54, 1.807) is 13.1 Å². The summed E-state index contributed by atoms with van der Waals surface area (Å²) in [5.41, 5.74) is 6.99. The van der Waals surface area contributed by atoms with Gasteiger partial charge < -0.3 is 20.1 Å². The van der Waals surface area contributed by atoms with E-state index in [0.717, 1.165) is 34.2 Å². The Balaban J connectivity index is 1.44. The minimum absolute atomic E-state index is 0.0436. The van der Waals surface area contributed by atoms with Gasteiger partial charge in [-0.05, 0) is 58.5 Å². The van der Waals surface area contributed by atoms with Crippen molar-refractivity contribution in [2.24, 2.45) is 0 Å². The van der Waals surface area contributed by atoms with Gasteiger partial charge in [-0.15, -0.1) is 0 Å². The van der Waals surface area contributed by atoms with Crippen molar-refractivity contribution in [3.05, 3.63) is 108 Å². The summed E-state index contributed by atoms with van der Waals surface area (Å²) in [5.74, 6) is 0.679. The van der Waals surface area contributed by atoms with Crippen molar-refractivity contribution in [2.45, 2.75) is 13.3 Å². The first kappa shape index (κ1) is 27.8. The molecule has 4 rings (SSSR count). The monoisotopic (exact) mass is 524 g/mol. The Morgan fingerprint density at radius 3 is 2.56 bits per heavy atom. The fourth-order valence-electron chi connectivity index (χ4n) is 4.47. The smallest absolute Gasteiger partial charge is 0.246 e. The van der Waals surface area contributed by atoms with E-state index in [1.165, 1.54) is 27.7 Å². The molecule has 0 unspecified atom stereocenters. The van der Waals surface area contributed by atoms with Crippen LogP contribution in [0.1, 0.15) is 30.0 Å². The van der Waals surface area contributed by atoms with Crippen molar-refractivity contribution in [1.82, 2.24) is 20.4 Å². The van der Waals surface area contributed by atoms with Crippen LogP contribution in [0, 0.1) is 0 Å². The van der Waals surface area contributed by atoms with Crippen LogP contribution in [0.25, 0.3) is 22.0 Å². The minimum atomic E-state index is -0.126. The molecular weight excluding hydrogens is 488 g/mol. The molecule has 1 aromatic heterocycles. The van der Waals surface area contributed by atoms with E-state index in [0.29, 0.717) is 26.2 Å². The van der Waals surface area contributed by atoms with Gasteiger partial charge in [0.05, 0.1) is 18.3 Å². The highest BCUT2D eigenvalue weighted by atomic mass is 16.5. The summed E-state index contributed by atoms with van der Waals surface area (Å²) in [6.45, 7) is 4.20. The molecule has 1 amide bonds. The molecule has 0 saturated carbocycles. The summed E-state index contributed by atoms with van der Waals surface area (Å²) in [5, 5.41) is 20.5. The highest BCUT2D eigenvalue weighted by Crippen LogP contribution is 2.36. The Labute approximate surface area is 229 Å². The first-order valence-electron chi connectivity index (χ1n) is 13.3. The van der Waals surface area contributed by atoms with E-state index in [1.807, 2.05) is 24.4 Å². The average Bonchev–Trinajstić information content (AvgIpc) is 3.44. The average molecular weight is 525 g/mol. The number of rotatable bonds is 13. The number of carbonyl (C=O) groups is 1. The van der Waals surface area contributed by atoms with Gasteiger partial charge in [0.2, 0.25) is 5.91 Å². The second-order valence-electron chi connectivity index (χ2n) is 9.21. The number of nitrogens with zero attached hydrogens (tertiary/aromatic N) is 2. The van der Waals surface area contributed by atoms with Crippen LogP contribution in [0.3, 0.4) is 0 Å². The zero-order valence-corrected chi connectivity index (χ0v) is 22.6. The molecule has 0 bridgehead atoms. The molecule has 0 spiro atoms. The van der Waals surface area contributed by atoms with Gasteiger partial charge in [-0.3, -0.25) is 9.89 Å². The van der Waals surface area contributed by atoms with Crippen LogP contribution in [0.4, 0.5) is 0 Å². The number of carbonyl (C=O) groups excluding carboxylic acids is 1.